The smallest absolute Gasteiger partial charge is 0.115 e. The topological polar surface area (TPSA) is 23.5 Å². The van der Waals surface area contributed by atoms with Gasteiger partial charge in [0.2, 0.25) is 0 Å². The minimum atomic E-state index is 0.388. The van der Waals surface area contributed by atoms with E-state index >= 15 is 0 Å². The highest BCUT2D eigenvalue weighted by Gasteiger charge is 2.23. The minimum absolute atomic E-state index is 0.388. The van der Waals surface area contributed by atoms with Gasteiger partial charge < -0.3 is 10.0 Å². The fourth-order valence-corrected chi connectivity index (χ4v) is 2.37. The molecule has 0 saturated carbocycles. The fourth-order valence-electron chi connectivity index (χ4n) is 2.37. The zero-order valence-electron chi connectivity index (χ0n) is 9.48. The number of rotatable bonds is 1. The lowest BCUT2D eigenvalue weighted by molar-refractivity contribution is 0.182. The standard InChI is InChI=1S/C13H19NO/c1-10-8-12(6-7-14(10)2)11-4-3-5-13(15)9-11/h3-5,9-10,12,15H,6-8H2,1-2H3. The van der Waals surface area contributed by atoms with Gasteiger partial charge >= 0.3 is 0 Å². The first-order valence-corrected chi connectivity index (χ1v) is 5.66. The van der Waals surface area contributed by atoms with Gasteiger partial charge in [0.15, 0.2) is 0 Å². The molecule has 0 radical (unpaired) electrons. The molecular weight excluding hydrogens is 186 g/mol. The van der Waals surface area contributed by atoms with Crippen LogP contribution in [0.25, 0.3) is 0 Å². The van der Waals surface area contributed by atoms with Gasteiger partial charge in [-0.25, -0.2) is 0 Å². The molecule has 1 aromatic carbocycles. The van der Waals surface area contributed by atoms with Gasteiger partial charge in [-0.3, -0.25) is 0 Å². The molecule has 2 unspecified atom stereocenters. The first-order chi connectivity index (χ1) is 7.16. The predicted molar refractivity (Wildman–Crippen MR) is 62.2 cm³/mol. The second-order valence-corrected chi connectivity index (χ2v) is 4.65. The van der Waals surface area contributed by atoms with E-state index in [2.05, 4.69) is 24.9 Å². The summed E-state index contributed by atoms with van der Waals surface area (Å²) in [7, 11) is 2.18. The van der Waals surface area contributed by atoms with Crippen molar-refractivity contribution in [3.63, 3.8) is 0 Å². The Morgan fingerprint density at radius 2 is 2.20 bits per heavy atom. The van der Waals surface area contributed by atoms with Crippen molar-refractivity contribution in [2.24, 2.45) is 0 Å². The van der Waals surface area contributed by atoms with Gasteiger partial charge in [-0.2, -0.15) is 0 Å². The molecule has 0 aliphatic carbocycles. The Morgan fingerprint density at radius 3 is 2.87 bits per heavy atom. The van der Waals surface area contributed by atoms with Gasteiger partial charge in [0.1, 0.15) is 5.75 Å². The Labute approximate surface area is 91.5 Å². The van der Waals surface area contributed by atoms with Crippen molar-refractivity contribution in [2.45, 2.75) is 31.7 Å². The van der Waals surface area contributed by atoms with E-state index in [-0.39, 0.29) is 0 Å². The number of phenolic OH excluding ortho intramolecular Hbond substituents is 1. The number of benzene rings is 1. The first-order valence-electron chi connectivity index (χ1n) is 5.66. The van der Waals surface area contributed by atoms with Gasteiger partial charge in [0.25, 0.3) is 0 Å². The van der Waals surface area contributed by atoms with Crippen molar-refractivity contribution in [3.05, 3.63) is 29.8 Å². The number of likely N-dealkylation sites (tertiary alicyclic amines) is 1. The van der Waals surface area contributed by atoms with Crippen molar-refractivity contribution in [2.75, 3.05) is 13.6 Å². The number of hydrogen-bond acceptors (Lipinski definition) is 2. The summed E-state index contributed by atoms with van der Waals surface area (Å²) in [5.41, 5.74) is 1.29. The van der Waals surface area contributed by atoms with Crippen molar-refractivity contribution < 1.29 is 5.11 Å². The van der Waals surface area contributed by atoms with Crippen LogP contribution in [0, 0.1) is 0 Å². The van der Waals surface area contributed by atoms with Crippen molar-refractivity contribution in [1.82, 2.24) is 4.90 Å². The molecule has 1 fully saturated rings. The monoisotopic (exact) mass is 205 g/mol. The van der Waals surface area contributed by atoms with Gasteiger partial charge in [-0.15, -0.1) is 0 Å². The zero-order valence-corrected chi connectivity index (χ0v) is 9.48. The fraction of sp³-hybridized carbons (Fsp3) is 0.538. The average molecular weight is 205 g/mol. The summed E-state index contributed by atoms with van der Waals surface area (Å²) >= 11 is 0. The second-order valence-electron chi connectivity index (χ2n) is 4.65. The third-order valence-electron chi connectivity index (χ3n) is 3.55. The summed E-state index contributed by atoms with van der Waals surface area (Å²) in [4.78, 5) is 2.40. The van der Waals surface area contributed by atoms with Crippen LogP contribution in [-0.2, 0) is 0 Å². The molecule has 2 atom stereocenters. The van der Waals surface area contributed by atoms with E-state index in [1.165, 1.54) is 18.4 Å². The van der Waals surface area contributed by atoms with E-state index in [9.17, 15) is 5.11 Å². The molecule has 82 valence electrons. The predicted octanol–water partition coefficient (Wildman–Crippen LogP) is 2.59. The Hall–Kier alpha value is -1.02. The highest BCUT2D eigenvalue weighted by atomic mass is 16.3. The van der Waals surface area contributed by atoms with Gasteiger partial charge in [0, 0.05) is 6.04 Å². The molecular formula is C13H19NO. The van der Waals surface area contributed by atoms with Crippen LogP contribution >= 0.6 is 0 Å². The molecule has 0 amide bonds. The molecule has 1 saturated heterocycles. The Morgan fingerprint density at radius 1 is 1.40 bits per heavy atom. The van der Waals surface area contributed by atoms with Crippen molar-refractivity contribution in [1.29, 1.82) is 0 Å². The molecule has 1 aromatic rings. The first kappa shape index (κ1) is 10.5. The van der Waals surface area contributed by atoms with Gasteiger partial charge in [0.05, 0.1) is 0 Å². The third-order valence-corrected chi connectivity index (χ3v) is 3.55. The number of hydrogen-bond donors (Lipinski definition) is 1. The largest absolute Gasteiger partial charge is 0.508 e. The molecule has 1 aliphatic heterocycles. The summed E-state index contributed by atoms with van der Waals surface area (Å²) in [5, 5.41) is 9.45. The van der Waals surface area contributed by atoms with Crippen molar-refractivity contribution in [3.8, 4) is 5.75 Å². The molecule has 0 spiro atoms. The second kappa shape index (κ2) is 4.23. The van der Waals surface area contributed by atoms with E-state index in [0.717, 1.165) is 6.54 Å². The maximum Gasteiger partial charge on any atom is 0.115 e. The Bertz CT molecular complexity index is 337. The van der Waals surface area contributed by atoms with Crippen LogP contribution in [0.4, 0.5) is 0 Å². The summed E-state index contributed by atoms with van der Waals surface area (Å²) in [5.74, 6) is 1.00. The lowest BCUT2D eigenvalue weighted by atomic mass is 9.86. The van der Waals surface area contributed by atoms with Crippen LogP contribution in [0.5, 0.6) is 5.75 Å². The normalized spacial score (nSPS) is 27.9. The summed E-state index contributed by atoms with van der Waals surface area (Å²) in [6.07, 6.45) is 2.39. The quantitative estimate of drug-likeness (QED) is 0.761. The summed E-state index contributed by atoms with van der Waals surface area (Å²) in [6, 6.07) is 8.35. The summed E-state index contributed by atoms with van der Waals surface area (Å²) < 4.78 is 0. The highest BCUT2D eigenvalue weighted by Crippen LogP contribution is 2.31. The third kappa shape index (κ3) is 2.32. The van der Waals surface area contributed by atoms with E-state index in [1.54, 1.807) is 6.07 Å². The van der Waals surface area contributed by atoms with E-state index in [0.29, 0.717) is 17.7 Å². The van der Waals surface area contributed by atoms with Crippen molar-refractivity contribution >= 4 is 0 Å². The number of piperidine rings is 1. The van der Waals surface area contributed by atoms with E-state index < -0.39 is 0 Å². The van der Waals surface area contributed by atoms with Gasteiger partial charge in [-0.1, -0.05) is 12.1 Å². The van der Waals surface area contributed by atoms with Crippen LogP contribution in [0.3, 0.4) is 0 Å². The molecule has 1 heterocycles. The van der Waals surface area contributed by atoms with Gasteiger partial charge in [-0.05, 0) is 57.0 Å². The molecule has 1 N–H and O–H groups in total. The Kier molecular flexibility index (Phi) is 2.96. The lowest BCUT2D eigenvalue weighted by Crippen LogP contribution is -2.36. The molecule has 2 rings (SSSR count). The maximum absolute atomic E-state index is 9.45. The molecule has 0 aromatic heterocycles. The van der Waals surface area contributed by atoms with E-state index in [1.807, 2.05) is 12.1 Å². The molecule has 2 nitrogen and oxygen atoms in total. The van der Waals surface area contributed by atoms with Crippen LogP contribution in [0.15, 0.2) is 24.3 Å². The minimum Gasteiger partial charge on any atom is -0.508 e. The molecule has 0 bridgehead atoms. The zero-order chi connectivity index (χ0) is 10.8. The molecule has 2 heteroatoms. The number of aromatic hydroxyl groups is 1. The SMILES string of the molecule is CC1CC(c2cccc(O)c2)CCN1C. The molecule has 15 heavy (non-hydrogen) atoms. The average Bonchev–Trinajstić information content (AvgIpc) is 2.22. The maximum atomic E-state index is 9.45. The van der Waals surface area contributed by atoms with Crippen LogP contribution in [0.1, 0.15) is 31.2 Å². The highest BCUT2D eigenvalue weighted by molar-refractivity contribution is 5.30. The Balaban J connectivity index is 2.12. The lowest BCUT2D eigenvalue weighted by Gasteiger charge is -2.35. The van der Waals surface area contributed by atoms with Crippen LogP contribution in [-0.4, -0.2) is 29.6 Å². The van der Waals surface area contributed by atoms with Crippen LogP contribution < -0.4 is 0 Å². The number of phenols is 1. The van der Waals surface area contributed by atoms with E-state index in [4.69, 9.17) is 0 Å². The molecule has 1 aliphatic rings. The van der Waals surface area contributed by atoms with Crippen LogP contribution in [0.2, 0.25) is 0 Å². The summed E-state index contributed by atoms with van der Waals surface area (Å²) in [6.45, 7) is 3.43. The number of nitrogens with zero attached hydrogens (tertiary/aromatic N) is 1.